The first-order valence-corrected chi connectivity index (χ1v) is 7.17. The summed E-state index contributed by atoms with van der Waals surface area (Å²) >= 11 is 0. The smallest absolute Gasteiger partial charge is 0.223 e. The van der Waals surface area contributed by atoms with Crippen molar-refractivity contribution in [3.63, 3.8) is 0 Å². The quantitative estimate of drug-likeness (QED) is 0.722. The molecule has 0 atom stereocenters. The maximum Gasteiger partial charge on any atom is 0.223 e. The molecule has 1 amide bonds. The second-order valence-corrected chi connectivity index (χ2v) is 5.06. The molecule has 5 heteroatoms. The summed E-state index contributed by atoms with van der Waals surface area (Å²) in [6.45, 7) is 9.01. The van der Waals surface area contributed by atoms with Gasteiger partial charge in [0.1, 0.15) is 5.75 Å². The molecule has 0 bridgehead atoms. The number of carbonyl (C=O) groups excluding carboxylic acids is 1. The largest absolute Gasteiger partial charge is 0.491 e. The van der Waals surface area contributed by atoms with E-state index in [1.54, 1.807) is 6.20 Å². The van der Waals surface area contributed by atoms with Crippen molar-refractivity contribution in [3.05, 3.63) is 24.0 Å². The molecule has 1 aromatic heterocycles. The van der Waals surface area contributed by atoms with Crippen LogP contribution in [0.4, 0.5) is 0 Å². The summed E-state index contributed by atoms with van der Waals surface area (Å²) < 4.78 is 5.48. The fourth-order valence-corrected chi connectivity index (χ4v) is 1.64. The Bertz CT molecular complexity index is 391. The number of hydrogen-bond acceptors (Lipinski definition) is 4. The minimum atomic E-state index is 0.00923. The van der Waals surface area contributed by atoms with E-state index in [1.165, 1.54) is 0 Å². The Morgan fingerprint density at radius 3 is 2.80 bits per heavy atom. The second-order valence-electron chi connectivity index (χ2n) is 5.06. The predicted octanol–water partition coefficient (Wildman–Crippen LogP) is 1.73. The number of pyridine rings is 1. The molecule has 1 rings (SSSR count). The highest BCUT2D eigenvalue weighted by Crippen LogP contribution is 2.09. The Balaban J connectivity index is 2.26. The number of ether oxygens (including phenoxy) is 1. The first-order chi connectivity index (χ1) is 9.61. The highest BCUT2D eigenvalue weighted by atomic mass is 16.5. The zero-order valence-electron chi connectivity index (χ0n) is 12.6. The third kappa shape index (κ3) is 7.09. The summed E-state index contributed by atoms with van der Waals surface area (Å²) in [5, 5.41) is 6.07. The predicted molar refractivity (Wildman–Crippen MR) is 79.6 cm³/mol. The van der Waals surface area contributed by atoms with Gasteiger partial charge in [0.25, 0.3) is 0 Å². The SMILES string of the molecule is CCNC(=O)CCOc1ccc(CNCC(C)C)nc1. The normalized spacial score (nSPS) is 10.6. The third-order valence-electron chi connectivity index (χ3n) is 2.63. The zero-order chi connectivity index (χ0) is 14.8. The van der Waals surface area contributed by atoms with Crippen molar-refractivity contribution in [2.75, 3.05) is 19.7 Å². The van der Waals surface area contributed by atoms with Crippen LogP contribution < -0.4 is 15.4 Å². The number of nitrogens with one attached hydrogen (secondary N) is 2. The van der Waals surface area contributed by atoms with Crippen molar-refractivity contribution in [1.29, 1.82) is 0 Å². The lowest BCUT2D eigenvalue weighted by molar-refractivity contribution is -0.121. The van der Waals surface area contributed by atoms with Crippen LogP contribution in [-0.4, -0.2) is 30.6 Å². The molecule has 0 aliphatic rings. The van der Waals surface area contributed by atoms with Crippen molar-refractivity contribution in [1.82, 2.24) is 15.6 Å². The van der Waals surface area contributed by atoms with E-state index < -0.39 is 0 Å². The summed E-state index contributed by atoms with van der Waals surface area (Å²) in [5.41, 5.74) is 0.988. The molecule has 1 aromatic rings. The molecule has 1 heterocycles. The van der Waals surface area contributed by atoms with Crippen LogP contribution in [0.25, 0.3) is 0 Å². The van der Waals surface area contributed by atoms with Crippen LogP contribution in [0.15, 0.2) is 18.3 Å². The number of hydrogen-bond donors (Lipinski definition) is 2. The van der Waals surface area contributed by atoms with Crippen LogP contribution in [-0.2, 0) is 11.3 Å². The topological polar surface area (TPSA) is 63.2 Å². The standard InChI is InChI=1S/C15H25N3O2/c1-4-17-15(19)7-8-20-14-6-5-13(18-11-14)10-16-9-12(2)3/h5-6,11-12,16H,4,7-10H2,1-3H3,(H,17,19). The number of rotatable bonds is 9. The third-order valence-corrected chi connectivity index (χ3v) is 2.63. The van der Waals surface area contributed by atoms with Crippen molar-refractivity contribution in [2.45, 2.75) is 33.7 Å². The highest BCUT2D eigenvalue weighted by Gasteiger charge is 2.01. The fourth-order valence-electron chi connectivity index (χ4n) is 1.64. The fraction of sp³-hybridized carbons (Fsp3) is 0.600. The minimum absolute atomic E-state index is 0.00923. The molecule has 0 saturated heterocycles. The van der Waals surface area contributed by atoms with Gasteiger partial charge >= 0.3 is 0 Å². The lowest BCUT2D eigenvalue weighted by Gasteiger charge is -2.08. The van der Waals surface area contributed by atoms with E-state index in [9.17, 15) is 4.79 Å². The molecule has 2 N–H and O–H groups in total. The molecular weight excluding hydrogens is 254 g/mol. The lowest BCUT2D eigenvalue weighted by atomic mass is 10.2. The summed E-state index contributed by atoms with van der Waals surface area (Å²) in [5.74, 6) is 1.34. The first kappa shape index (κ1) is 16.4. The molecule has 0 fully saturated rings. The molecule has 0 saturated carbocycles. The van der Waals surface area contributed by atoms with Gasteiger partial charge in [-0.25, -0.2) is 0 Å². The lowest BCUT2D eigenvalue weighted by Crippen LogP contribution is -2.24. The average Bonchev–Trinajstić information content (AvgIpc) is 2.40. The van der Waals surface area contributed by atoms with Gasteiger partial charge in [-0.15, -0.1) is 0 Å². The summed E-state index contributed by atoms with van der Waals surface area (Å²) in [6.07, 6.45) is 2.07. The molecule has 0 radical (unpaired) electrons. The first-order valence-electron chi connectivity index (χ1n) is 7.17. The van der Waals surface area contributed by atoms with Crippen LogP contribution in [0.1, 0.15) is 32.9 Å². The summed E-state index contributed by atoms with van der Waals surface area (Å²) in [6, 6.07) is 3.83. The number of nitrogens with zero attached hydrogens (tertiary/aromatic N) is 1. The molecule has 20 heavy (non-hydrogen) atoms. The average molecular weight is 279 g/mol. The van der Waals surface area contributed by atoms with E-state index in [0.717, 1.165) is 18.8 Å². The van der Waals surface area contributed by atoms with Crippen molar-refractivity contribution < 1.29 is 9.53 Å². The molecule has 0 unspecified atom stereocenters. The van der Waals surface area contributed by atoms with Gasteiger partial charge in [-0.1, -0.05) is 13.8 Å². The second kappa shape index (κ2) is 9.31. The Morgan fingerprint density at radius 2 is 2.20 bits per heavy atom. The molecule has 0 spiro atoms. The molecule has 112 valence electrons. The van der Waals surface area contributed by atoms with Gasteiger partial charge < -0.3 is 15.4 Å². The van der Waals surface area contributed by atoms with Crippen molar-refractivity contribution in [2.24, 2.45) is 5.92 Å². The molecule has 0 aliphatic carbocycles. The van der Waals surface area contributed by atoms with Crippen LogP contribution in [0.3, 0.4) is 0 Å². The van der Waals surface area contributed by atoms with E-state index in [-0.39, 0.29) is 5.91 Å². The van der Waals surface area contributed by atoms with Gasteiger partial charge in [0.05, 0.1) is 24.9 Å². The number of carbonyl (C=O) groups is 1. The molecule has 0 aliphatic heterocycles. The van der Waals surface area contributed by atoms with Crippen LogP contribution in [0.2, 0.25) is 0 Å². The maximum absolute atomic E-state index is 11.2. The van der Waals surface area contributed by atoms with Gasteiger partial charge in [0.2, 0.25) is 5.91 Å². The maximum atomic E-state index is 11.2. The van der Waals surface area contributed by atoms with Gasteiger partial charge in [-0.05, 0) is 31.5 Å². The Labute approximate surface area is 121 Å². The Morgan fingerprint density at radius 1 is 1.40 bits per heavy atom. The van der Waals surface area contributed by atoms with E-state index in [1.807, 2.05) is 19.1 Å². The molecule has 5 nitrogen and oxygen atoms in total. The summed E-state index contributed by atoms with van der Waals surface area (Å²) in [4.78, 5) is 15.6. The Kier molecular flexibility index (Phi) is 7.65. The monoisotopic (exact) mass is 279 g/mol. The summed E-state index contributed by atoms with van der Waals surface area (Å²) in [7, 11) is 0. The number of amides is 1. The van der Waals surface area contributed by atoms with Gasteiger partial charge in [0, 0.05) is 13.1 Å². The van der Waals surface area contributed by atoms with Gasteiger partial charge in [-0.2, -0.15) is 0 Å². The van der Waals surface area contributed by atoms with Crippen LogP contribution in [0.5, 0.6) is 5.75 Å². The Hall–Kier alpha value is -1.62. The minimum Gasteiger partial charge on any atom is -0.491 e. The van der Waals surface area contributed by atoms with Gasteiger partial charge in [0.15, 0.2) is 0 Å². The van der Waals surface area contributed by atoms with Crippen LogP contribution >= 0.6 is 0 Å². The van der Waals surface area contributed by atoms with Crippen molar-refractivity contribution in [3.8, 4) is 5.75 Å². The van der Waals surface area contributed by atoms with E-state index in [0.29, 0.717) is 31.2 Å². The van der Waals surface area contributed by atoms with Gasteiger partial charge in [-0.3, -0.25) is 9.78 Å². The molecule has 0 aromatic carbocycles. The highest BCUT2D eigenvalue weighted by molar-refractivity contribution is 5.75. The molecular formula is C15H25N3O2. The number of aromatic nitrogens is 1. The van der Waals surface area contributed by atoms with E-state index in [2.05, 4.69) is 29.5 Å². The van der Waals surface area contributed by atoms with E-state index >= 15 is 0 Å². The van der Waals surface area contributed by atoms with Crippen LogP contribution in [0, 0.1) is 5.92 Å². The zero-order valence-corrected chi connectivity index (χ0v) is 12.6. The van der Waals surface area contributed by atoms with Crippen molar-refractivity contribution >= 4 is 5.91 Å². The van der Waals surface area contributed by atoms with E-state index in [4.69, 9.17) is 4.74 Å².